The smallest absolute Gasteiger partial charge is 0.267 e. The van der Waals surface area contributed by atoms with Crippen molar-refractivity contribution in [1.29, 1.82) is 0 Å². The number of amides is 1. The summed E-state index contributed by atoms with van der Waals surface area (Å²) < 4.78 is 21.6. The Hall–Kier alpha value is -3.26. The number of rotatable bonds is 5. The third-order valence-electron chi connectivity index (χ3n) is 4.24. The Bertz CT molecular complexity index is 1140. The molecule has 0 fully saturated rings. The summed E-state index contributed by atoms with van der Waals surface area (Å²) in [5.41, 5.74) is 1.51. The SMILES string of the molecule is COc1nn(C)cc1C(=O)N(Cc1ccccc1)c1nc2c(F)cccc2s1. The third kappa shape index (κ3) is 3.34. The van der Waals surface area contributed by atoms with E-state index in [0.717, 1.165) is 5.56 Å². The maximum atomic E-state index is 14.1. The summed E-state index contributed by atoms with van der Waals surface area (Å²) in [6.07, 6.45) is 1.60. The van der Waals surface area contributed by atoms with Crippen molar-refractivity contribution in [2.24, 2.45) is 7.05 Å². The minimum absolute atomic E-state index is 0.234. The molecule has 0 aliphatic carbocycles. The normalized spacial score (nSPS) is 11.0. The molecule has 6 nitrogen and oxygen atoms in total. The lowest BCUT2D eigenvalue weighted by Gasteiger charge is -2.19. The fourth-order valence-corrected chi connectivity index (χ4v) is 3.90. The topological polar surface area (TPSA) is 60.3 Å². The Balaban J connectivity index is 1.81. The molecule has 28 heavy (non-hydrogen) atoms. The van der Waals surface area contributed by atoms with Gasteiger partial charge in [0.05, 0.1) is 18.4 Å². The van der Waals surface area contributed by atoms with Crippen LogP contribution in [0.1, 0.15) is 15.9 Å². The molecule has 0 saturated carbocycles. The summed E-state index contributed by atoms with van der Waals surface area (Å²) >= 11 is 1.27. The van der Waals surface area contributed by atoms with E-state index in [1.807, 2.05) is 30.3 Å². The van der Waals surface area contributed by atoms with Gasteiger partial charge in [-0.1, -0.05) is 47.7 Å². The zero-order chi connectivity index (χ0) is 19.7. The van der Waals surface area contributed by atoms with Crippen LogP contribution in [0, 0.1) is 5.82 Å². The lowest BCUT2D eigenvalue weighted by atomic mass is 10.2. The number of para-hydroxylation sites is 1. The molecular formula is C20H17FN4O2S. The van der Waals surface area contributed by atoms with Crippen molar-refractivity contribution in [1.82, 2.24) is 14.8 Å². The van der Waals surface area contributed by atoms with Gasteiger partial charge < -0.3 is 4.74 Å². The van der Waals surface area contributed by atoms with Gasteiger partial charge in [-0.25, -0.2) is 9.37 Å². The van der Waals surface area contributed by atoms with Crippen molar-refractivity contribution in [3.05, 3.63) is 71.7 Å². The maximum Gasteiger partial charge on any atom is 0.267 e. The first-order valence-corrected chi connectivity index (χ1v) is 9.37. The van der Waals surface area contributed by atoms with Crippen LogP contribution >= 0.6 is 11.3 Å². The minimum Gasteiger partial charge on any atom is -0.479 e. The predicted molar refractivity (Wildman–Crippen MR) is 106 cm³/mol. The molecule has 142 valence electrons. The largest absolute Gasteiger partial charge is 0.479 e. The molecular weight excluding hydrogens is 379 g/mol. The Kier molecular flexibility index (Phi) is 4.79. The molecule has 2 heterocycles. The summed E-state index contributed by atoms with van der Waals surface area (Å²) in [5, 5.41) is 4.58. The van der Waals surface area contributed by atoms with Gasteiger partial charge in [0.25, 0.3) is 5.91 Å². The van der Waals surface area contributed by atoms with Crippen LogP contribution in [-0.2, 0) is 13.6 Å². The van der Waals surface area contributed by atoms with Crippen LogP contribution < -0.4 is 9.64 Å². The van der Waals surface area contributed by atoms with Gasteiger partial charge in [-0.3, -0.25) is 14.4 Å². The highest BCUT2D eigenvalue weighted by atomic mass is 32.1. The number of carbonyl (C=O) groups excluding carboxylic acids is 1. The molecule has 0 bridgehead atoms. The molecule has 0 spiro atoms. The zero-order valence-electron chi connectivity index (χ0n) is 15.3. The quantitative estimate of drug-likeness (QED) is 0.511. The Labute approximate surface area is 164 Å². The highest BCUT2D eigenvalue weighted by Gasteiger charge is 2.26. The van der Waals surface area contributed by atoms with Crippen LogP contribution in [0.25, 0.3) is 10.2 Å². The van der Waals surface area contributed by atoms with E-state index in [1.54, 1.807) is 25.4 Å². The number of benzene rings is 2. The van der Waals surface area contributed by atoms with E-state index in [0.29, 0.717) is 21.9 Å². The van der Waals surface area contributed by atoms with E-state index in [9.17, 15) is 9.18 Å². The van der Waals surface area contributed by atoms with Gasteiger partial charge in [0.15, 0.2) is 5.13 Å². The van der Waals surface area contributed by atoms with E-state index in [1.165, 1.54) is 34.1 Å². The van der Waals surface area contributed by atoms with Gasteiger partial charge >= 0.3 is 0 Å². The number of nitrogens with zero attached hydrogens (tertiary/aromatic N) is 4. The molecule has 1 amide bonds. The second kappa shape index (κ2) is 7.40. The second-order valence-electron chi connectivity index (χ2n) is 6.19. The van der Waals surface area contributed by atoms with E-state index in [2.05, 4.69) is 10.1 Å². The van der Waals surface area contributed by atoms with Crippen molar-refractivity contribution in [3.63, 3.8) is 0 Å². The van der Waals surface area contributed by atoms with Crippen LogP contribution in [0.3, 0.4) is 0 Å². The Morgan fingerprint density at radius 3 is 2.71 bits per heavy atom. The molecule has 2 aromatic heterocycles. The monoisotopic (exact) mass is 396 g/mol. The van der Waals surface area contributed by atoms with Gasteiger partial charge in [0.2, 0.25) is 5.88 Å². The summed E-state index contributed by atoms with van der Waals surface area (Å²) in [6, 6.07) is 14.3. The average molecular weight is 396 g/mol. The van der Waals surface area contributed by atoms with E-state index in [4.69, 9.17) is 4.74 Å². The Morgan fingerprint density at radius 2 is 2.00 bits per heavy atom. The first-order valence-electron chi connectivity index (χ1n) is 8.55. The highest BCUT2D eigenvalue weighted by Crippen LogP contribution is 2.33. The van der Waals surface area contributed by atoms with Gasteiger partial charge in [-0.2, -0.15) is 0 Å². The molecule has 4 aromatic rings. The maximum absolute atomic E-state index is 14.1. The number of aryl methyl sites for hydroxylation is 1. The number of carbonyl (C=O) groups is 1. The Morgan fingerprint density at radius 1 is 1.21 bits per heavy atom. The van der Waals surface area contributed by atoms with Crippen molar-refractivity contribution in [2.45, 2.75) is 6.54 Å². The molecule has 0 aliphatic heterocycles. The van der Waals surface area contributed by atoms with Crippen LogP contribution in [0.5, 0.6) is 5.88 Å². The fraction of sp³-hybridized carbons (Fsp3) is 0.150. The summed E-state index contributed by atoms with van der Waals surface area (Å²) in [6.45, 7) is 0.291. The van der Waals surface area contributed by atoms with Crippen molar-refractivity contribution < 1.29 is 13.9 Å². The molecule has 0 unspecified atom stereocenters. The lowest BCUT2D eigenvalue weighted by molar-refractivity contribution is 0.0982. The number of methoxy groups -OCH3 is 1. The van der Waals surface area contributed by atoms with Gasteiger partial charge in [-0.05, 0) is 17.7 Å². The minimum atomic E-state index is -0.411. The highest BCUT2D eigenvalue weighted by molar-refractivity contribution is 7.22. The zero-order valence-corrected chi connectivity index (χ0v) is 16.1. The number of anilines is 1. The molecule has 2 aromatic carbocycles. The second-order valence-corrected chi connectivity index (χ2v) is 7.19. The fourth-order valence-electron chi connectivity index (χ4n) is 2.92. The number of aromatic nitrogens is 3. The first-order chi connectivity index (χ1) is 13.6. The number of ether oxygens (including phenoxy) is 1. The standard InChI is InChI=1S/C20H17FN4O2S/c1-24-12-14(18(23-24)27-2)19(26)25(11-13-7-4-3-5-8-13)20-22-17-15(21)9-6-10-16(17)28-20/h3-10,12H,11H2,1-2H3. The van der Waals surface area contributed by atoms with Crippen molar-refractivity contribution in [3.8, 4) is 5.88 Å². The third-order valence-corrected chi connectivity index (χ3v) is 5.28. The van der Waals surface area contributed by atoms with Crippen LogP contribution in [0.2, 0.25) is 0 Å². The van der Waals surface area contributed by atoms with Crippen LogP contribution in [-0.4, -0.2) is 27.8 Å². The molecule has 0 atom stereocenters. The van der Waals surface area contributed by atoms with E-state index >= 15 is 0 Å². The van der Waals surface area contributed by atoms with E-state index < -0.39 is 5.82 Å². The number of hydrogen-bond donors (Lipinski definition) is 0. The average Bonchev–Trinajstić information content (AvgIpc) is 3.30. The van der Waals surface area contributed by atoms with Crippen molar-refractivity contribution >= 4 is 32.6 Å². The lowest BCUT2D eigenvalue weighted by Crippen LogP contribution is -2.30. The molecule has 0 radical (unpaired) electrons. The predicted octanol–water partition coefficient (Wildman–Crippen LogP) is 4.02. The number of thiazole rings is 1. The van der Waals surface area contributed by atoms with Crippen molar-refractivity contribution in [2.75, 3.05) is 12.0 Å². The molecule has 0 aliphatic rings. The molecule has 0 N–H and O–H groups in total. The first kappa shape index (κ1) is 18.1. The number of hydrogen-bond acceptors (Lipinski definition) is 5. The molecule has 4 rings (SSSR count). The molecule has 0 saturated heterocycles. The summed E-state index contributed by atoms with van der Waals surface area (Å²) in [4.78, 5) is 19.3. The number of halogens is 1. The van der Waals surface area contributed by atoms with E-state index in [-0.39, 0.29) is 17.3 Å². The van der Waals surface area contributed by atoms with Crippen LogP contribution in [0.4, 0.5) is 9.52 Å². The van der Waals surface area contributed by atoms with Gasteiger partial charge in [-0.15, -0.1) is 5.10 Å². The van der Waals surface area contributed by atoms with Gasteiger partial charge in [0.1, 0.15) is 16.9 Å². The van der Waals surface area contributed by atoms with Crippen LogP contribution in [0.15, 0.2) is 54.7 Å². The van der Waals surface area contributed by atoms with Gasteiger partial charge in [0, 0.05) is 13.2 Å². The summed E-state index contributed by atoms with van der Waals surface area (Å²) in [7, 11) is 3.18. The number of fused-ring (bicyclic) bond motifs is 1. The molecule has 8 heteroatoms. The summed E-state index contributed by atoms with van der Waals surface area (Å²) in [5.74, 6) is -0.489.